The topological polar surface area (TPSA) is 12.9 Å². The predicted molar refractivity (Wildman–Crippen MR) is 60.2 cm³/mol. The third kappa shape index (κ3) is 1.11. The van der Waals surface area contributed by atoms with Gasteiger partial charge in [-0.25, -0.2) is 0 Å². The maximum Gasteiger partial charge on any atom is 0.0349 e. The highest BCUT2D eigenvalue weighted by atomic mass is 79.9. The van der Waals surface area contributed by atoms with Crippen LogP contribution in [0.2, 0.25) is 0 Å². The Labute approximate surface area is 90.9 Å². The Kier molecular flexibility index (Phi) is 1.71. The second-order valence-electron chi connectivity index (χ2n) is 3.51. The highest BCUT2D eigenvalue weighted by Crippen LogP contribution is 2.36. The van der Waals surface area contributed by atoms with E-state index >= 15 is 0 Å². The molecule has 0 aliphatic heterocycles. The van der Waals surface area contributed by atoms with E-state index in [-0.39, 0.29) is 0 Å². The highest BCUT2D eigenvalue weighted by Gasteiger charge is 2.17. The third-order valence-electron chi connectivity index (χ3n) is 2.65. The molecule has 1 aromatic carbocycles. The second kappa shape index (κ2) is 2.92. The molecular weight excluding hydrogens is 238 g/mol. The molecule has 0 saturated heterocycles. The first-order chi connectivity index (χ1) is 6.84. The van der Waals surface area contributed by atoms with Gasteiger partial charge in [-0.15, -0.1) is 0 Å². The van der Waals surface area contributed by atoms with E-state index < -0.39 is 0 Å². The van der Waals surface area contributed by atoms with Crippen LogP contribution in [0, 0.1) is 0 Å². The van der Waals surface area contributed by atoms with Gasteiger partial charge in [-0.05, 0) is 41.3 Å². The summed E-state index contributed by atoms with van der Waals surface area (Å²) in [5.74, 6) is 0. The lowest BCUT2D eigenvalue weighted by molar-refractivity contribution is 1.23. The first kappa shape index (κ1) is 8.18. The minimum atomic E-state index is 1.03. The van der Waals surface area contributed by atoms with E-state index in [1.54, 1.807) is 0 Å². The zero-order chi connectivity index (χ0) is 9.54. The molecule has 0 saturated carbocycles. The molecule has 0 amide bonds. The Hall–Kier alpha value is -1.15. The molecule has 1 aromatic heterocycles. The molecule has 0 bridgehead atoms. The summed E-state index contributed by atoms with van der Waals surface area (Å²) >= 11 is 3.49. The summed E-state index contributed by atoms with van der Waals surface area (Å²) in [6.07, 6.45) is 4.85. The zero-order valence-electron chi connectivity index (χ0n) is 7.50. The fraction of sp³-hybridized carbons (Fsp3) is 0.0833. The number of rotatable bonds is 0. The van der Waals surface area contributed by atoms with Gasteiger partial charge in [-0.2, -0.15) is 0 Å². The number of aromatic nitrogens is 1. The molecule has 2 heteroatoms. The van der Waals surface area contributed by atoms with E-state index in [1.807, 2.05) is 12.4 Å². The summed E-state index contributed by atoms with van der Waals surface area (Å²) in [6, 6.07) is 8.53. The quantitative estimate of drug-likeness (QED) is 0.592. The van der Waals surface area contributed by atoms with Gasteiger partial charge in [0.25, 0.3) is 0 Å². The molecule has 1 nitrogen and oxygen atoms in total. The van der Waals surface area contributed by atoms with Crippen LogP contribution in [0.1, 0.15) is 11.1 Å². The monoisotopic (exact) mass is 245 g/mol. The number of hydrogen-bond acceptors (Lipinski definition) is 1. The first-order valence-electron chi connectivity index (χ1n) is 4.56. The van der Waals surface area contributed by atoms with Gasteiger partial charge >= 0.3 is 0 Å². The summed E-state index contributed by atoms with van der Waals surface area (Å²) in [5.41, 5.74) is 5.39. The molecule has 0 N–H and O–H groups in total. The van der Waals surface area contributed by atoms with E-state index in [9.17, 15) is 0 Å². The molecule has 1 aliphatic rings. The van der Waals surface area contributed by atoms with Crippen molar-refractivity contribution in [2.24, 2.45) is 0 Å². The summed E-state index contributed by atoms with van der Waals surface area (Å²) in [6.45, 7) is 0. The molecule has 68 valence electrons. The maximum absolute atomic E-state index is 4.17. The zero-order valence-corrected chi connectivity index (χ0v) is 9.08. The van der Waals surface area contributed by atoms with Crippen molar-refractivity contribution in [3.05, 3.63) is 52.3 Å². The average molecular weight is 246 g/mol. The van der Waals surface area contributed by atoms with Gasteiger partial charge in [-0.1, -0.05) is 22.0 Å². The molecule has 0 spiro atoms. The lowest BCUT2D eigenvalue weighted by atomic mass is 10.1. The van der Waals surface area contributed by atoms with Gasteiger partial charge in [0, 0.05) is 22.4 Å². The van der Waals surface area contributed by atoms with Crippen LogP contribution < -0.4 is 0 Å². The molecule has 1 heterocycles. The molecule has 2 aromatic rings. The predicted octanol–water partition coefficient (Wildman–Crippen LogP) is 3.42. The number of fused-ring (bicyclic) bond motifs is 3. The Morgan fingerprint density at radius 2 is 2.00 bits per heavy atom. The van der Waals surface area contributed by atoms with Crippen LogP contribution in [0.5, 0.6) is 0 Å². The van der Waals surface area contributed by atoms with Gasteiger partial charge in [0.1, 0.15) is 0 Å². The van der Waals surface area contributed by atoms with E-state index in [0.717, 1.165) is 10.9 Å². The third-order valence-corrected chi connectivity index (χ3v) is 3.14. The standard InChI is InChI=1S/C12H8BrN/c13-10-1-2-11-9(6-10)5-8-3-4-14-7-12(8)11/h1-4,6-7H,5H2. The van der Waals surface area contributed by atoms with E-state index in [4.69, 9.17) is 0 Å². The van der Waals surface area contributed by atoms with Crippen molar-refractivity contribution in [3.8, 4) is 11.1 Å². The normalized spacial score (nSPS) is 12.4. The van der Waals surface area contributed by atoms with Crippen molar-refractivity contribution in [2.75, 3.05) is 0 Å². The van der Waals surface area contributed by atoms with Crippen LogP contribution in [-0.4, -0.2) is 4.98 Å². The minimum absolute atomic E-state index is 1.03. The lowest BCUT2D eigenvalue weighted by Gasteiger charge is -1.99. The molecular formula is C12H8BrN. The minimum Gasteiger partial charge on any atom is -0.264 e. The second-order valence-corrected chi connectivity index (χ2v) is 4.43. The van der Waals surface area contributed by atoms with E-state index in [1.165, 1.54) is 22.3 Å². The molecule has 0 fully saturated rings. The Morgan fingerprint density at radius 3 is 2.93 bits per heavy atom. The van der Waals surface area contributed by atoms with Gasteiger partial charge < -0.3 is 0 Å². The number of pyridine rings is 1. The van der Waals surface area contributed by atoms with Crippen molar-refractivity contribution in [1.82, 2.24) is 4.98 Å². The van der Waals surface area contributed by atoms with Crippen molar-refractivity contribution < 1.29 is 0 Å². The van der Waals surface area contributed by atoms with Crippen LogP contribution >= 0.6 is 15.9 Å². The van der Waals surface area contributed by atoms with Crippen LogP contribution in [0.4, 0.5) is 0 Å². The SMILES string of the molecule is Brc1ccc2c(c1)Cc1ccncc1-2. The molecule has 0 atom stereocenters. The fourth-order valence-electron chi connectivity index (χ4n) is 2.00. The fourth-order valence-corrected chi connectivity index (χ4v) is 2.40. The smallest absolute Gasteiger partial charge is 0.0349 e. The molecule has 3 rings (SSSR count). The summed E-state index contributed by atoms with van der Waals surface area (Å²) < 4.78 is 1.15. The number of nitrogens with zero attached hydrogens (tertiary/aromatic N) is 1. The number of halogens is 1. The summed E-state index contributed by atoms with van der Waals surface area (Å²) in [5, 5.41) is 0. The largest absolute Gasteiger partial charge is 0.264 e. The average Bonchev–Trinajstić information content (AvgIpc) is 2.54. The lowest BCUT2D eigenvalue weighted by Crippen LogP contribution is -1.79. The van der Waals surface area contributed by atoms with Crippen molar-refractivity contribution in [3.63, 3.8) is 0 Å². The number of benzene rings is 1. The van der Waals surface area contributed by atoms with Crippen LogP contribution in [0.3, 0.4) is 0 Å². The van der Waals surface area contributed by atoms with Crippen molar-refractivity contribution >= 4 is 15.9 Å². The number of hydrogen-bond donors (Lipinski definition) is 0. The Balaban J connectivity index is 2.27. The van der Waals surface area contributed by atoms with Gasteiger partial charge in [0.15, 0.2) is 0 Å². The van der Waals surface area contributed by atoms with E-state index in [2.05, 4.69) is 45.2 Å². The first-order valence-corrected chi connectivity index (χ1v) is 5.35. The Morgan fingerprint density at radius 1 is 1.07 bits per heavy atom. The molecule has 14 heavy (non-hydrogen) atoms. The molecule has 0 unspecified atom stereocenters. The summed E-state index contributed by atoms with van der Waals surface area (Å²) in [4.78, 5) is 4.17. The molecule has 0 radical (unpaired) electrons. The van der Waals surface area contributed by atoms with Gasteiger partial charge in [0.05, 0.1) is 0 Å². The van der Waals surface area contributed by atoms with Gasteiger partial charge in [0.2, 0.25) is 0 Å². The van der Waals surface area contributed by atoms with E-state index in [0.29, 0.717) is 0 Å². The molecule has 1 aliphatic carbocycles. The van der Waals surface area contributed by atoms with Gasteiger partial charge in [-0.3, -0.25) is 4.98 Å². The Bertz CT molecular complexity index is 505. The summed E-state index contributed by atoms with van der Waals surface area (Å²) in [7, 11) is 0. The maximum atomic E-state index is 4.17. The van der Waals surface area contributed by atoms with Crippen LogP contribution in [0.15, 0.2) is 41.1 Å². The van der Waals surface area contributed by atoms with Crippen LogP contribution in [-0.2, 0) is 6.42 Å². The van der Waals surface area contributed by atoms with Crippen LogP contribution in [0.25, 0.3) is 11.1 Å². The van der Waals surface area contributed by atoms with Crippen molar-refractivity contribution in [2.45, 2.75) is 6.42 Å². The van der Waals surface area contributed by atoms with Crippen molar-refractivity contribution in [1.29, 1.82) is 0 Å². The highest BCUT2D eigenvalue weighted by molar-refractivity contribution is 9.10.